The molecule has 1 heterocycles. The zero-order chi connectivity index (χ0) is 15.3. The van der Waals surface area contributed by atoms with Gasteiger partial charge in [0.25, 0.3) is 0 Å². The molecule has 1 aromatic rings. The van der Waals surface area contributed by atoms with E-state index in [1.807, 2.05) is 6.92 Å². The Morgan fingerprint density at radius 1 is 1.48 bits per heavy atom. The summed E-state index contributed by atoms with van der Waals surface area (Å²) in [4.78, 5) is 14.2. The quantitative estimate of drug-likeness (QED) is 0.904. The summed E-state index contributed by atoms with van der Waals surface area (Å²) in [6.07, 6.45) is 1.92. The molecule has 0 aromatic heterocycles. The average molecular weight is 294 g/mol. The number of likely N-dealkylation sites (N-methyl/N-ethyl adjacent to an activating group) is 1. The zero-order valence-electron chi connectivity index (χ0n) is 12.7. The SMILES string of the molecule is CN(CCOc1ccccc1F)C(=O)C1(C)CCCNC1. The first-order chi connectivity index (χ1) is 10.0. The minimum atomic E-state index is -0.380. The summed E-state index contributed by atoms with van der Waals surface area (Å²) in [5.74, 6) is -0.0364. The van der Waals surface area contributed by atoms with Crippen LogP contribution in [0.5, 0.6) is 5.75 Å². The number of para-hydroxylation sites is 1. The lowest BCUT2D eigenvalue weighted by atomic mass is 9.81. The van der Waals surface area contributed by atoms with Crippen LogP contribution in [0.25, 0.3) is 0 Å². The standard InChI is InChI=1S/C16H23FN2O2/c1-16(8-5-9-18-12-16)15(20)19(2)10-11-21-14-7-4-3-6-13(14)17/h3-4,6-7,18H,5,8-12H2,1-2H3. The van der Waals surface area contributed by atoms with Crippen LogP contribution in [-0.4, -0.2) is 44.1 Å². The molecule has 0 radical (unpaired) electrons. The summed E-state index contributed by atoms with van der Waals surface area (Å²) in [5.41, 5.74) is -0.342. The lowest BCUT2D eigenvalue weighted by molar-refractivity contribution is -0.141. The van der Waals surface area contributed by atoms with E-state index in [0.29, 0.717) is 13.1 Å². The number of nitrogens with zero attached hydrogens (tertiary/aromatic N) is 1. The van der Waals surface area contributed by atoms with Crippen molar-refractivity contribution in [2.75, 3.05) is 33.3 Å². The smallest absolute Gasteiger partial charge is 0.229 e. The van der Waals surface area contributed by atoms with Crippen LogP contribution in [0.2, 0.25) is 0 Å². The third kappa shape index (κ3) is 3.94. The number of amides is 1. The van der Waals surface area contributed by atoms with Crippen LogP contribution in [0.4, 0.5) is 4.39 Å². The van der Waals surface area contributed by atoms with Crippen molar-refractivity contribution >= 4 is 5.91 Å². The summed E-state index contributed by atoms with van der Waals surface area (Å²) in [5, 5.41) is 3.27. The fourth-order valence-electron chi connectivity index (χ4n) is 2.66. The first-order valence-corrected chi connectivity index (χ1v) is 7.36. The molecule has 1 N–H and O–H groups in total. The van der Waals surface area contributed by atoms with Gasteiger partial charge in [-0.1, -0.05) is 12.1 Å². The van der Waals surface area contributed by atoms with E-state index in [1.165, 1.54) is 6.07 Å². The molecule has 0 aliphatic carbocycles. The van der Waals surface area contributed by atoms with Crippen LogP contribution in [0.15, 0.2) is 24.3 Å². The molecule has 1 amide bonds. The number of hydrogen-bond donors (Lipinski definition) is 1. The van der Waals surface area contributed by atoms with Crippen LogP contribution < -0.4 is 10.1 Å². The maximum absolute atomic E-state index is 13.4. The Balaban J connectivity index is 1.83. The normalized spacial score (nSPS) is 21.9. The van der Waals surface area contributed by atoms with E-state index in [2.05, 4.69) is 5.32 Å². The number of carbonyl (C=O) groups is 1. The number of piperidine rings is 1. The van der Waals surface area contributed by atoms with E-state index < -0.39 is 0 Å². The highest BCUT2D eigenvalue weighted by Gasteiger charge is 2.36. The van der Waals surface area contributed by atoms with Gasteiger partial charge in [0.15, 0.2) is 11.6 Å². The largest absolute Gasteiger partial charge is 0.489 e. The van der Waals surface area contributed by atoms with Gasteiger partial charge in [0.2, 0.25) is 5.91 Å². The van der Waals surface area contributed by atoms with E-state index in [1.54, 1.807) is 30.1 Å². The molecule has 0 bridgehead atoms. The number of rotatable bonds is 5. The second-order valence-corrected chi connectivity index (χ2v) is 5.85. The number of halogens is 1. The van der Waals surface area contributed by atoms with Gasteiger partial charge in [0.05, 0.1) is 12.0 Å². The topological polar surface area (TPSA) is 41.6 Å². The molecule has 0 spiro atoms. The first-order valence-electron chi connectivity index (χ1n) is 7.36. The minimum absolute atomic E-state index is 0.117. The molecular weight excluding hydrogens is 271 g/mol. The minimum Gasteiger partial charge on any atom is -0.489 e. The molecular formula is C16H23FN2O2. The number of benzene rings is 1. The second-order valence-electron chi connectivity index (χ2n) is 5.85. The molecule has 1 fully saturated rings. The Bertz CT molecular complexity index is 487. The fraction of sp³-hybridized carbons (Fsp3) is 0.562. The van der Waals surface area contributed by atoms with Crippen LogP contribution in [0.3, 0.4) is 0 Å². The molecule has 1 aliphatic rings. The predicted octanol–water partition coefficient (Wildman–Crippen LogP) is 2.05. The van der Waals surface area contributed by atoms with Crippen molar-refractivity contribution in [1.29, 1.82) is 0 Å². The lowest BCUT2D eigenvalue weighted by Gasteiger charge is -2.36. The Kier molecular flexibility index (Phi) is 5.17. The molecule has 1 aliphatic heterocycles. The maximum atomic E-state index is 13.4. The van der Waals surface area contributed by atoms with Crippen LogP contribution in [0, 0.1) is 11.2 Å². The van der Waals surface area contributed by atoms with Gasteiger partial charge >= 0.3 is 0 Å². The van der Waals surface area contributed by atoms with E-state index in [0.717, 1.165) is 19.4 Å². The second kappa shape index (κ2) is 6.89. The summed E-state index contributed by atoms with van der Waals surface area (Å²) < 4.78 is 18.8. The Morgan fingerprint density at radius 2 is 2.24 bits per heavy atom. The number of nitrogens with one attached hydrogen (secondary N) is 1. The fourth-order valence-corrected chi connectivity index (χ4v) is 2.66. The molecule has 116 valence electrons. The van der Waals surface area contributed by atoms with Gasteiger partial charge in [-0.2, -0.15) is 0 Å². The van der Waals surface area contributed by atoms with E-state index in [4.69, 9.17) is 4.74 Å². The van der Waals surface area contributed by atoms with E-state index >= 15 is 0 Å². The van der Waals surface area contributed by atoms with Gasteiger partial charge in [0.1, 0.15) is 6.61 Å². The molecule has 1 unspecified atom stereocenters. The van der Waals surface area contributed by atoms with Crippen molar-refractivity contribution in [3.05, 3.63) is 30.1 Å². The number of carbonyl (C=O) groups excluding carboxylic acids is 1. The zero-order valence-corrected chi connectivity index (χ0v) is 12.7. The van der Waals surface area contributed by atoms with Gasteiger partial charge in [-0.25, -0.2) is 4.39 Å². The molecule has 5 heteroatoms. The Morgan fingerprint density at radius 3 is 2.90 bits per heavy atom. The number of hydrogen-bond acceptors (Lipinski definition) is 3. The summed E-state index contributed by atoms with van der Waals surface area (Å²) in [6, 6.07) is 6.29. The molecule has 21 heavy (non-hydrogen) atoms. The monoisotopic (exact) mass is 294 g/mol. The van der Waals surface area contributed by atoms with Crippen molar-refractivity contribution < 1.29 is 13.9 Å². The van der Waals surface area contributed by atoms with Gasteiger partial charge in [0, 0.05) is 13.6 Å². The van der Waals surface area contributed by atoms with Crippen LogP contribution in [-0.2, 0) is 4.79 Å². The van der Waals surface area contributed by atoms with Crippen molar-refractivity contribution in [2.45, 2.75) is 19.8 Å². The highest BCUT2D eigenvalue weighted by atomic mass is 19.1. The highest BCUT2D eigenvalue weighted by Crippen LogP contribution is 2.27. The van der Waals surface area contributed by atoms with Crippen LogP contribution >= 0.6 is 0 Å². The molecule has 2 rings (SSSR count). The molecule has 1 saturated heterocycles. The van der Waals surface area contributed by atoms with E-state index in [-0.39, 0.29) is 29.5 Å². The molecule has 1 aromatic carbocycles. The van der Waals surface area contributed by atoms with Crippen molar-refractivity contribution in [3.63, 3.8) is 0 Å². The van der Waals surface area contributed by atoms with Gasteiger partial charge in [-0.3, -0.25) is 4.79 Å². The Labute approximate surface area is 125 Å². The highest BCUT2D eigenvalue weighted by molar-refractivity contribution is 5.82. The summed E-state index contributed by atoms with van der Waals surface area (Å²) >= 11 is 0. The van der Waals surface area contributed by atoms with E-state index in [9.17, 15) is 9.18 Å². The van der Waals surface area contributed by atoms with Gasteiger partial charge in [-0.15, -0.1) is 0 Å². The van der Waals surface area contributed by atoms with Crippen molar-refractivity contribution in [3.8, 4) is 5.75 Å². The van der Waals surface area contributed by atoms with Crippen LogP contribution in [0.1, 0.15) is 19.8 Å². The maximum Gasteiger partial charge on any atom is 0.229 e. The molecule has 1 atom stereocenters. The summed E-state index contributed by atoms with van der Waals surface area (Å²) in [7, 11) is 1.77. The first kappa shape index (κ1) is 15.8. The Hall–Kier alpha value is -1.62. The van der Waals surface area contributed by atoms with Crippen molar-refractivity contribution in [2.24, 2.45) is 5.41 Å². The summed E-state index contributed by atoms with van der Waals surface area (Å²) in [6.45, 7) is 4.42. The average Bonchev–Trinajstić information content (AvgIpc) is 2.49. The van der Waals surface area contributed by atoms with Gasteiger partial charge in [-0.05, 0) is 38.4 Å². The van der Waals surface area contributed by atoms with Gasteiger partial charge < -0.3 is 15.0 Å². The molecule has 0 saturated carbocycles. The third-order valence-corrected chi connectivity index (χ3v) is 3.98. The lowest BCUT2D eigenvalue weighted by Crippen LogP contribution is -2.49. The molecule has 4 nitrogen and oxygen atoms in total. The predicted molar refractivity (Wildman–Crippen MR) is 79.7 cm³/mol. The number of ether oxygens (including phenoxy) is 1. The third-order valence-electron chi connectivity index (χ3n) is 3.98. The van der Waals surface area contributed by atoms with Crippen molar-refractivity contribution in [1.82, 2.24) is 10.2 Å².